The zero-order valence-corrected chi connectivity index (χ0v) is 10.7. The summed E-state index contributed by atoms with van der Waals surface area (Å²) in [6, 6.07) is 0.148. The molecule has 2 rings (SSSR count). The van der Waals surface area contributed by atoms with E-state index in [0.29, 0.717) is 0 Å². The smallest absolute Gasteiger partial charge is 0.0644 e. The molecule has 1 saturated carbocycles. The zero-order valence-electron chi connectivity index (χ0n) is 10.7. The van der Waals surface area contributed by atoms with Gasteiger partial charge >= 0.3 is 0 Å². The van der Waals surface area contributed by atoms with Gasteiger partial charge in [-0.05, 0) is 32.6 Å². The third-order valence-corrected chi connectivity index (χ3v) is 3.69. The zero-order chi connectivity index (χ0) is 11.7. The lowest BCUT2D eigenvalue weighted by Gasteiger charge is -2.10. The molecule has 1 aromatic rings. The van der Waals surface area contributed by atoms with Crippen LogP contribution in [0.15, 0.2) is 0 Å². The van der Waals surface area contributed by atoms with Crippen molar-refractivity contribution >= 4 is 0 Å². The van der Waals surface area contributed by atoms with Crippen LogP contribution in [0.4, 0.5) is 0 Å². The molecule has 16 heavy (non-hydrogen) atoms. The molecule has 1 aliphatic rings. The summed E-state index contributed by atoms with van der Waals surface area (Å²) in [5.41, 5.74) is 9.77. The predicted octanol–water partition coefficient (Wildman–Crippen LogP) is 2.71. The molecule has 90 valence electrons. The fourth-order valence-electron chi connectivity index (χ4n) is 2.38. The summed E-state index contributed by atoms with van der Waals surface area (Å²) in [5.74, 6) is 0.965. The van der Waals surface area contributed by atoms with Crippen LogP contribution >= 0.6 is 0 Å². The Labute approximate surface area is 98.0 Å². The maximum absolute atomic E-state index is 6.12. The fourth-order valence-corrected chi connectivity index (χ4v) is 2.38. The minimum absolute atomic E-state index is 0.148. The number of nitrogens with zero attached hydrogens (tertiary/aromatic N) is 2. The number of aromatic nitrogens is 2. The Morgan fingerprint density at radius 3 is 2.69 bits per heavy atom. The molecule has 3 nitrogen and oxygen atoms in total. The lowest BCUT2D eigenvalue weighted by Crippen LogP contribution is -2.11. The molecule has 1 atom stereocenters. The highest BCUT2D eigenvalue weighted by molar-refractivity contribution is 5.27. The van der Waals surface area contributed by atoms with Crippen LogP contribution in [0.5, 0.6) is 0 Å². The molecule has 3 heteroatoms. The molecule has 1 unspecified atom stereocenters. The van der Waals surface area contributed by atoms with Gasteiger partial charge in [0.1, 0.15) is 0 Å². The van der Waals surface area contributed by atoms with E-state index in [1.165, 1.54) is 30.5 Å². The van der Waals surface area contributed by atoms with Crippen LogP contribution in [0.1, 0.15) is 55.6 Å². The Kier molecular flexibility index (Phi) is 3.33. The van der Waals surface area contributed by atoms with Gasteiger partial charge in [0.05, 0.1) is 5.69 Å². The Balaban J connectivity index is 2.12. The first-order chi connectivity index (χ1) is 7.63. The second-order valence-electron chi connectivity index (χ2n) is 5.05. The molecule has 1 fully saturated rings. The highest BCUT2D eigenvalue weighted by Crippen LogP contribution is 2.33. The van der Waals surface area contributed by atoms with E-state index in [2.05, 4.69) is 30.6 Å². The number of aryl methyl sites for hydroxylation is 2. The van der Waals surface area contributed by atoms with Gasteiger partial charge in [0, 0.05) is 23.8 Å². The topological polar surface area (TPSA) is 43.8 Å². The third-order valence-electron chi connectivity index (χ3n) is 3.69. The van der Waals surface area contributed by atoms with Crippen LogP contribution in [0.2, 0.25) is 0 Å². The SMILES string of the molecule is CCC(N)c1c(C)nn(CCC2CC2)c1C. The summed E-state index contributed by atoms with van der Waals surface area (Å²) < 4.78 is 2.15. The van der Waals surface area contributed by atoms with Crippen molar-refractivity contribution in [3.63, 3.8) is 0 Å². The van der Waals surface area contributed by atoms with Gasteiger partial charge in [-0.3, -0.25) is 4.68 Å². The van der Waals surface area contributed by atoms with Crippen molar-refractivity contribution in [1.82, 2.24) is 9.78 Å². The molecular formula is C13H23N3. The molecule has 0 amide bonds. The van der Waals surface area contributed by atoms with E-state index in [-0.39, 0.29) is 6.04 Å². The Bertz CT molecular complexity index is 363. The average Bonchev–Trinajstić information content (AvgIpc) is 3.03. The lowest BCUT2D eigenvalue weighted by atomic mass is 10.0. The first-order valence-corrected chi connectivity index (χ1v) is 6.43. The van der Waals surface area contributed by atoms with Crippen molar-refractivity contribution in [2.75, 3.05) is 0 Å². The molecule has 1 aromatic heterocycles. The van der Waals surface area contributed by atoms with Gasteiger partial charge in [-0.25, -0.2) is 0 Å². The number of rotatable bonds is 5. The van der Waals surface area contributed by atoms with Crippen molar-refractivity contribution in [2.24, 2.45) is 11.7 Å². The first kappa shape index (κ1) is 11.6. The Morgan fingerprint density at radius 1 is 1.44 bits per heavy atom. The molecule has 0 aromatic carbocycles. The second kappa shape index (κ2) is 4.58. The first-order valence-electron chi connectivity index (χ1n) is 6.43. The fraction of sp³-hybridized carbons (Fsp3) is 0.769. The highest BCUT2D eigenvalue weighted by atomic mass is 15.3. The minimum Gasteiger partial charge on any atom is -0.324 e. The highest BCUT2D eigenvalue weighted by Gasteiger charge is 2.22. The van der Waals surface area contributed by atoms with Crippen LogP contribution in [-0.2, 0) is 6.54 Å². The predicted molar refractivity (Wildman–Crippen MR) is 66.3 cm³/mol. The monoisotopic (exact) mass is 221 g/mol. The van der Waals surface area contributed by atoms with Gasteiger partial charge in [-0.1, -0.05) is 19.8 Å². The van der Waals surface area contributed by atoms with Gasteiger partial charge < -0.3 is 5.73 Å². The molecule has 0 radical (unpaired) electrons. The van der Waals surface area contributed by atoms with Crippen molar-refractivity contribution in [3.05, 3.63) is 17.0 Å². The van der Waals surface area contributed by atoms with Crippen molar-refractivity contribution in [3.8, 4) is 0 Å². The van der Waals surface area contributed by atoms with Crippen LogP contribution < -0.4 is 5.73 Å². The van der Waals surface area contributed by atoms with E-state index in [4.69, 9.17) is 5.73 Å². The quantitative estimate of drug-likeness (QED) is 0.830. The summed E-state index contributed by atoms with van der Waals surface area (Å²) in [7, 11) is 0. The van der Waals surface area contributed by atoms with Crippen LogP contribution in [0.25, 0.3) is 0 Å². The maximum Gasteiger partial charge on any atom is 0.0644 e. The Hall–Kier alpha value is -0.830. The Morgan fingerprint density at radius 2 is 2.12 bits per heavy atom. The summed E-state index contributed by atoms with van der Waals surface area (Å²) in [6.45, 7) is 7.42. The van der Waals surface area contributed by atoms with Crippen molar-refractivity contribution in [2.45, 2.75) is 59.0 Å². The molecule has 0 spiro atoms. The van der Waals surface area contributed by atoms with E-state index in [1.54, 1.807) is 0 Å². The molecular weight excluding hydrogens is 198 g/mol. The largest absolute Gasteiger partial charge is 0.324 e. The molecule has 2 N–H and O–H groups in total. The maximum atomic E-state index is 6.12. The standard InChI is InChI=1S/C13H23N3/c1-4-12(14)13-9(2)15-16(10(13)3)8-7-11-5-6-11/h11-12H,4-8,14H2,1-3H3. The lowest BCUT2D eigenvalue weighted by molar-refractivity contribution is 0.531. The van der Waals surface area contributed by atoms with Crippen molar-refractivity contribution in [1.29, 1.82) is 0 Å². The summed E-state index contributed by atoms with van der Waals surface area (Å²) in [4.78, 5) is 0. The molecule has 0 bridgehead atoms. The summed E-state index contributed by atoms with van der Waals surface area (Å²) in [6.07, 6.45) is 5.10. The van der Waals surface area contributed by atoms with Crippen LogP contribution in [0.3, 0.4) is 0 Å². The average molecular weight is 221 g/mol. The van der Waals surface area contributed by atoms with E-state index in [9.17, 15) is 0 Å². The molecule has 0 saturated heterocycles. The molecule has 1 aliphatic carbocycles. The number of hydrogen-bond acceptors (Lipinski definition) is 2. The number of nitrogens with two attached hydrogens (primary N) is 1. The molecule has 1 heterocycles. The second-order valence-corrected chi connectivity index (χ2v) is 5.05. The van der Waals surface area contributed by atoms with Crippen LogP contribution in [0, 0.1) is 19.8 Å². The normalized spacial score (nSPS) is 17.8. The van der Waals surface area contributed by atoms with Gasteiger partial charge in [0.25, 0.3) is 0 Å². The molecule has 0 aliphatic heterocycles. The van der Waals surface area contributed by atoms with Gasteiger partial charge in [0.2, 0.25) is 0 Å². The third kappa shape index (κ3) is 2.29. The van der Waals surface area contributed by atoms with E-state index >= 15 is 0 Å². The van der Waals surface area contributed by atoms with Gasteiger partial charge in [-0.2, -0.15) is 5.10 Å². The van der Waals surface area contributed by atoms with Crippen molar-refractivity contribution < 1.29 is 0 Å². The van der Waals surface area contributed by atoms with E-state index in [1.807, 2.05) is 0 Å². The summed E-state index contributed by atoms with van der Waals surface area (Å²) >= 11 is 0. The summed E-state index contributed by atoms with van der Waals surface area (Å²) in [5, 5.41) is 4.62. The van der Waals surface area contributed by atoms with Gasteiger partial charge in [-0.15, -0.1) is 0 Å². The van der Waals surface area contributed by atoms with Gasteiger partial charge in [0.15, 0.2) is 0 Å². The van der Waals surface area contributed by atoms with E-state index < -0.39 is 0 Å². The van der Waals surface area contributed by atoms with E-state index in [0.717, 1.165) is 24.6 Å². The number of hydrogen-bond donors (Lipinski definition) is 1. The minimum atomic E-state index is 0.148. The van der Waals surface area contributed by atoms with Crippen LogP contribution in [-0.4, -0.2) is 9.78 Å².